The lowest BCUT2D eigenvalue weighted by Gasteiger charge is -2.12. The Morgan fingerprint density at radius 3 is 2.41 bits per heavy atom. The van der Waals surface area contributed by atoms with Crippen molar-refractivity contribution in [2.45, 2.75) is 38.0 Å². The first kappa shape index (κ1) is 23.9. The number of hydrogen-bond acceptors (Lipinski definition) is 4. The molecule has 0 saturated carbocycles. The van der Waals surface area contributed by atoms with E-state index in [1.165, 1.54) is 18.2 Å². The van der Waals surface area contributed by atoms with Gasteiger partial charge in [0.15, 0.2) is 0 Å². The van der Waals surface area contributed by atoms with E-state index in [1.54, 1.807) is 6.07 Å². The largest absolute Gasteiger partial charge is 0.374 e. The van der Waals surface area contributed by atoms with Crippen LogP contribution in [0.25, 0.3) is 0 Å². The van der Waals surface area contributed by atoms with Crippen LogP contribution in [0.5, 0.6) is 0 Å². The van der Waals surface area contributed by atoms with Crippen LogP contribution in [-0.2, 0) is 27.9 Å². The van der Waals surface area contributed by atoms with Crippen molar-refractivity contribution in [2.75, 3.05) is 5.32 Å². The average Bonchev–Trinajstić information content (AvgIpc) is 2.77. The lowest BCUT2D eigenvalue weighted by Crippen LogP contribution is -2.24. The normalized spacial score (nSPS) is 11.5. The lowest BCUT2D eigenvalue weighted by molar-refractivity contribution is 0.0657. The van der Waals surface area contributed by atoms with Gasteiger partial charge in [0, 0.05) is 17.8 Å². The number of ether oxygens (including phenoxy) is 1. The summed E-state index contributed by atoms with van der Waals surface area (Å²) < 4.78 is 33.7. The van der Waals surface area contributed by atoms with E-state index in [4.69, 9.17) is 16.3 Å². The summed E-state index contributed by atoms with van der Waals surface area (Å²) in [6, 6.07) is 20.6. The molecule has 3 rings (SSSR count). The highest BCUT2D eigenvalue weighted by atomic mass is 35.5. The molecule has 3 aromatic carbocycles. The number of amides is 1. The molecule has 8 heteroatoms. The molecule has 0 unspecified atom stereocenters. The van der Waals surface area contributed by atoms with Crippen LogP contribution in [0.15, 0.2) is 77.7 Å². The second-order valence-corrected chi connectivity index (χ2v) is 9.61. The second kappa shape index (κ2) is 10.7. The molecular weight excluding hydrogens is 448 g/mol. The molecule has 3 aromatic rings. The van der Waals surface area contributed by atoms with Crippen molar-refractivity contribution < 1.29 is 17.9 Å². The Kier molecular flexibility index (Phi) is 8.04. The number of carbonyl (C=O) groups is 1. The minimum absolute atomic E-state index is 0.0370. The monoisotopic (exact) mass is 472 g/mol. The highest BCUT2D eigenvalue weighted by Crippen LogP contribution is 2.24. The van der Waals surface area contributed by atoms with Crippen molar-refractivity contribution in [1.29, 1.82) is 0 Å². The third kappa shape index (κ3) is 6.64. The fourth-order valence-corrected chi connectivity index (χ4v) is 4.45. The van der Waals surface area contributed by atoms with Crippen molar-refractivity contribution in [2.24, 2.45) is 0 Å². The van der Waals surface area contributed by atoms with Gasteiger partial charge in [0.1, 0.15) is 4.90 Å². The zero-order chi connectivity index (χ0) is 23.1. The number of anilines is 1. The summed E-state index contributed by atoms with van der Waals surface area (Å²) in [5, 5.41) is 2.83. The molecule has 0 spiro atoms. The first-order chi connectivity index (χ1) is 15.2. The molecule has 1 amide bonds. The number of rotatable bonds is 9. The maximum absolute atomic E-state index is 12.8. The van der Waals surface area contributed by atoms with Crippen LogP contribution < -0.4 is 10.0 Å². The van der Waals surface area contributed by atoms with E-state index in [2.05, 4.69) is 10.0 Å². The fraction of sp³-hybridized carbons (Fsp3) is 0.208. The summed E-state index contributed by atoms with van der Waals surface area (Å²) in [5.41, 5.74) is 2.49. The molecule has 168 valence electrons. The molecule has 0 aromatic heterocycles. The Hall–Kier alpha value is -2.71. The van der Waals surface area contributed by atoms with Crippen molar-refractivity contribution in [3.05, 3.63) is 94.5 Å². The number of halogens is 1. The molecule has 2 N–H and O–H groups in total. The Bertz CT molecular complexity index is 1180. The van der Waals surface area contributed by atoms with Crippen LogP contribution in [0.3, 0.4) is 0 Å². The zero-order valence-corrected chi connectivity index (χ0v) is 19.4. The molecule has 0 heterocycles. The third-order valence-corrected chi connectivity index (χ3v) is 6.44. The van der Waals surface area contributed by atoms with Crippen LogP contribution >= 0.6 is 11.6 Å². The van der Waals surface area contributed by atoms with E-state index in [1.807, 2.05) is 62.4 Å². The van der Waals surface area contributed by atoms with E-state index in [0.29, 0.717) is 12.3 Å². The standard InChI is InChI=1S/C24H25ClN2O4S/c1-17(2)31-16-19-9-6-10-21(13-19)27-24(28)20-11-12-22(25)23(14-20)32(29,30)26-15-18-7-4-3-5-8-18/h3-14,17,26H,15-16H2,1-2H3,(H,27,28). The highest BCUT2D eigenvalue weighted by molar-refractivity contribution is 7.89. The Balaban J connectivity index is 1.74. The highest BCUT2D eigenvalue weighted by Gasteiger charge is 2.20. The maximum Gasteiger partial charge on any atom is 0.255 e. The first-order valence-corrected chi connectivity index (χ1v) is 12.0. The van der Waals surface area contributed by atoms with Gasteiger partial charge in [0.2, 0.25) is 10.0 Å². The topological polar surface area (TPSA) is 84.5 Å². The molecule has 0 bridgehead atoms. The second-order valence-electron chi connectivity index (χ2n) is 7.47. The van der Waals surface area contributed by atoms with E-state index in [0.717, 1.165) is 11.1 Å². The summed E-state index contributed by atoms with van der Waals surface area (Å²) >= 11 is 6.14. The van der Waals surface area contributed by atoms with Crippen molar-refractivity contribution in [3.63, 3.8) is 0 Å². The van der Waals surface area contributed by atoms with Gasteiger partial charge >= 0.3 is 0 Å². The van der Waals surface area contributed by atoms with Gasteiger partial charge < -0.3 is 10.1 Å². The van der Waals surface area contributed by atoms with Gasteiger partial charge in [-0.1, -0.05) is 54.1 Å². The fourth-order valence-electron chi connectivity index (χ4n) is 2.91. The predicted octanol–water partition coefficient (Wildman–Crippen LogP) is 5.00. The molecule has 0 fully saturated rings. The molecule has 0 aliphatic carbocycles. The molecule has 0 aliphatic heterocycles. The number of nitrogens with one attached hydrogen (secondary N) is 2. The summed E-state index contributed by atoms with van der Waals surface area (Å²) in [5.74, 6) is -0.442. The van der Waals surface area contributed by atoms with Gasteiger partial charge in [-0.15, -0.1) is 0 Å². The first-order valence-electron chi connectivity index (χ1n) is 10.1. The molecule has 0 atom stereocenters. The molecule has 0 aliphatic rings. The van der Waals surface area contributed by atoms with Crippen molar-refractivity contribution >= 4 is 33.2 Å². The quantitative estimate of drug-likeness (QED) is 0.459. The Morgan fingerprint density at radius 2 is 1.69 bits per heavy atom. The minimum Gasteiger partial charge on any atom is -0.374 e. The SMILES string of the molecule is CC(C)OCc1cccc(NC(=O)c2ccc(Cl)c(S(=O)(=O)NCc3ccccc3)c2)c1. The Morgan fingerprint density at radius 1 is 0.969 bits per heavy atom. The number of sulfonamides is 1. The molecule has 0 saturated heterocycles. The van der Waals surface area contributed by atoms with Gasteiger partial charge in [0.05, 0.1) is 17.7 Å². The summed E-state index contributed by atoms with van der Waals surface area (Å²) in [4.78, 5) is 12.6. The van der Waals surface area contributed by atoms with Crippen LogP contribution in [0.2, 0.25) is 5.02 Å². The van der Waals surface area contributed by atoms with Gasteiger partial charge in [-0.3, -0.25) is 4.79 Å². The summed E-state index contributed by atoms with van der Waals surface area (Å²) in [6.45, 7) is 4.44. The molecular formula is C24H25ClN2O4S. The van der Waals surface area contributed by atoms with Crippen molar-refractivity contribution in [1.82, 2.24) is 4.72 Å². The smallest absolute Gasteiger partial charge is 0.255 e. The van der Waals surface area contributed by atoms with Crippen LogP contribution in [0.4, 0.5) is 5.69 Å². The average molecular weight is 473 g/mol. The number of hydrogen-bond donors (Lipinski definition) is 2. The molecule has 0 radical (unpaired) electrons. The zero-order valence-electron chi connectivity index (χ0n) is 17.8. The predicted molar refractivity (Wildman–Crippen MR) is 126 cm³/mol. The van der Waals surface area contributed by atoms with Gasteiger partial charge in [-0.25, -0.2) is 13.1 Å². The van der Waals surface area contributed by atoms with Gasteiger partial charge in [-0.2, -0.15) is 0 Å². The maximum atomic E-state index is 12.8. The van der Waals surface area contributed by atoms with Crippen LogP contribution in [0, 0.1) is 0 Å². The summed E-state index contributed by atoms with van der Waals surface area (Å²) in [7, 11) is -3.92. The Labute approximate surface area is 193 Å². The third-order valence-electron chi connectivity index (χ3n) is 4.56. The van der Waals surface area contributed by atoms with Crippen LogP contribution in [-0.4, -0.2) is 20.4 Å². The van der Waals surface area contributed by atoms with Gasteiger partial charge in [0.25, 0.3) is 5.91 Å². The van der Waals surface area contributed by atoms with Crippen LogP contribution in [0.1, 0.15) is 35.3 Å². The van der Waals surface area contributed by atoms with E-state index < -0.39 is 15.9 Å². The number of carbonyl (C=O) groups excluding carboxylic acids is 1. The lowest BCUT2D eigenvalue weighted by atomic mass is 10.2. The van der Waals surface area contributed by atoms with E-state index in [9.17, 15) is 13.2 Å². The van der Waals surface area contributed by atoms with Crippen molar-refractivity contribution in [3.8, 4) is 0 Å². The summed E-state index contributed by atoms with van der Waals surface area (Å²) in [6.07, 6.45) is 0.0955. The minimum atomic E-state index is -3.92. The number of benzene rings is 3. The molecule has 6 nitrogen and oxygen atoms in total. The molecule has 32 heavy (non-hydrogen) atoms. The van der Waals surface area contributed by atoms with E-state index >= 15 is 0 Å². The van der Waals surface area contributed by atoms with Gasteiger partial charge in [-0.05, 0) is 55.3 Å². The van der Waals surface area contributed by atoms with E-state index in [-0.39, 0.29) is 28.1 Å².